The third-order valence-electron chi connectivity index (χ3n) is 12.8. The molecule has 1 atom stereocenters. The Morgan fingerprint density at radius 2 is 1.18 bits per heavy atom. The molecule has 0 amide bonds. The van der Waals surface area contributed by atoms with Gasteiger partial charge in [-0.1, -0.05) is 140 Å². The van der Waals surface area contributed by atoms with Crippen molar-refractivity contribution in [3.8, 4) is 5.69 Å². The number of para-hydroxylation sites is 4. The highest BCUT2D eigenvalue weighted by Crippen LogP contribution is 2.44. The Morgan fingerprint density at radius 1 is 0.500 bits per heavy atom. The van der Waals surface area contributed by atoms with Crippen LogP contribution in [0.1, 0.15) is 30.0 Å². The number of amidine groups is 1. The molecule has 3 aromatic heterocycles. The van der Waals surface area contributed by atoms with Crippen LogP contribution in [0.2, 0.25) is 0 Å². The molecule has 0 saturated carbocycles. The number of hydrogen-bond acceptors (Lipinski definition) is 4. The van der Waals surface area contributed by atoms with Crippen LogP contribution in [0, 0.1) is 5.92 Å². The van der Waals surface area contributed by atoms with Gasteiger partial charge in [-0.15, -0.1) is 0 Å². The molecular weight excluding hydrogens is 759 g/mol. The molecule has 1 unspecified atom stereocenters. The zero-order valence-electron chi connectivity index (χ0n) is 33.8. The van der Waals surface area contributed by atoms with E-state index in [1.54, 1.807) is 0 Å². The molecule has 0 aliphatic carbocycles. The fourth-order valence-corrected chi connectivity index (χ4v) is 9.87. The van der Waals surface area contributed by atoms with Gasteiger partial charge in [0.1, 0.15) is 22.3 Å². The molecule has 5 nitrogen and oxygen atoms in total. The van der Waals surface area contributed by atoms with Crippen LogP contribution in [-0.4, -0.2) is 16.1 Å². The number of nitrogens with zero attached hydrogens (tertiary/aromatic N) is 3. The van der Waals surface area contributed by atoms with E-state index in [1.807, 2.05) is 18.2 Å². The molecule has 0 saturated heterocycles. The molecule has 5 heteroatoms. The molecule has 0 spiro atoms. The maximum atomic E-state index is 6.64. The summed E-state index contributed by atoms with van der Waals surface area (Å²) in [4.78, 5) is 11.4. The van der Waals surface area contributed by atoms with E-state index < -0.39 is 0 Å². The first-order valence-corrected chi connectivity index (χ1v) is 21.3. The smallest absolute Gasteiger partial charge is 0.160 e. The lowest BCUT2D eigenvalue weighted by Crippen LogP contribution is -2.17. The van der Waals surface area contributed by atoms with Crippen LogP contribution < -0.4 is 0 Å². The van der Waals surface area contributed by atoms with Gasteiger partial charge in [0, 0.05) is 54.9 Å². The molecule has 12 aromatic rings. The average Bonchev–Trinajstić information content (AvgIpc) is 3.99. The second kappa shape index (κ2) is 13.5. The summed E-state index contributed by atoms with van der Waals surface area (Å²) >= 11 is 0. The van der Waals surface area contributed by atoms with Gasteiger partial charge in [0.25, 0.3) is 0 Å². The number of allylic oxidation sites excluding steroid dienone is 1. The van der Waals surface area contributed by atoms with E-state index >= 15 is 0 Å². The first kappa shape index (κ1) is 34.8. The molecule has 0 fully saturated rings. The summed E-state index contributed by atoms with van der Waals surface area (Å²) in [7, 11) is 0. The van der Waals surface area contributed by atoms with Crippen LogP contribution in [0.25, 0.3) is 98.6 Å². The molecule has 292 valence electrons. The summed E-state index contributed by atoms with van der Waals surface area (Å²) in [5.74, 6) is 0.652. The lowest BCUT2D eigenvalue weighted by atomic mass is 9.91. The van der Waals surface area contributed by atoms with Crippen LogP contribution in [0.5, 0.6) is 0 Å². The standard InChI is InChI=1S/C57H37N3O2/c1-34-25-28-46(58-57(39-27-26-35-13-2-3-14-36(35)31-39)59-55(34)44-21-12-20-42-41-18-7-10-23-50(41)62-56(42)44)54-48(29-30-52-53(54)43-19-8-11-24-51(43)61-52)60-47-22-9-6-17-40(47)45-32-37-15-4-5-16-38(37)33-49(45)60/h2-24,26-34H,25H2,1H3/b46-28+,58-57-,59-55+. The molecule has 0 N–H and O–H groups in total. The minimum atomic E-state index is 0.0121. The third kappa shape index (κ3) is 5.28. The minimum Gasteiger partial charge on any atom is -0.456 e. The molecule has 1 aliphatic rings. The fraction of sp³-hybridized carbons (Fsp3) is 0.0526. The van der Waals surface area contributed by atoms with Crippen molar-refractivity contribution in [1.82, 2.24) is 4.57 Å². The molecule has 13 rings (SSSR count). The van der Waals surface area contributed by atoms with Crippen molar-refractivity contribution in [2.24, 2.45) is 15.9 Å². The zero-order chi connectivity index (χ0) is 40.9. The van der Waals surface area contributed by atoms with Gasteiger partial charge < -0.3 is 13.4 Å². The summed E-state index contributed by atoms with van der Waals surface area (Å²) < 4.78 is 15.7. The number of benzene rings is 9. The molecule has 62 heavy (non-hydrogen) atoms. The van der Waals surface area contributed by atoms with Gasteiger partial charge in [0.15, 0.2) is 5.84 Å². The Bertz CT molecular complexity index is 3930. The van der Waals surface area contributed by atoms with Crippen molar-refractivity contribution in [3.05, 3.63) is 205 Å². The average molecular weight is 796 g/mol. The number of fused-ring (bicyclic) bond motifs is 11. The summed E-state index contributed by atoms with van der Waals surface area (Å²) in [5, 5.41) is 11.4. The van der Waals surface area contributed by atoms with E-state index in [1.165, 1.54) is 26.9 Å². The predicted molar refractivity (Wildman–Crippen MR) is 258 cm³/mol. The second-order valence-electron chi connectivity index (χ2n) is 16.5. The summed E-state index contributed by atoms with van der Waals surface area (Å²) in [6, 6.07) is 64.4. The molecule has 0 radical (unpaired) electrons. The third-order valence-corrected chi connectivity index (χ3v) is 12.8. The van der Waals surface area contributed by atoms with Gasteiger partial charge in [-0.3, -0.25) is 0 Å². The van der Waals surface area contributed by atoms with Crippen molar-refractivity contribution in [2.45, 2.75) is 13.3 Å². The van der Waals surface area contributed by atoms with Crippen LogP contribution in [0.3, 0.4) is 0 Å². The van der Waals surface area contributed by atoms with Crippen molar-refractivity contribution in [1.29, 1.82) is 0 Å². The molecule has 1 aliphatic heterocycles. The van der Waals surface area contributed by atoms with E-state index in [4.69, 9.17) is 18.8 Å². The van der Waals surface area contributed by atoms with Gasteiger partial charge in [-0.05, 0) is 82.6 Å². The van der Waals surface area contributed by atoms with Crippen LogP contribution >= 0.6 is 0 Å². The Hall–Kier alpha value is -8.02. The fourth-order valence-electron chi connectivity index (χ4n) is 9.87. The monoisotopic (exact) mass is 795 g/mol. The highest BCUT2D eigenvalue weighted by atomic mass is 16.3. The normalized spacial score (nSPS) is 17.4. The largest absolute Gasteiger partial charge is 0.456 e. The van der Waals surface area contributed by atoms with Gasteiger partial charge in [-0.25, -0.2) is 9.98 Å². The lowest BCUT2D eigenvalue weighted by molar-refractivity contribution is 0.666. The summed E-state index contributed by atoms with van der Waals surface area (Å²) in [6.07, 6.45) is 3.02. The SMILES string of the molecule is CC1C/C=C(c2c(-n3c4ccccc4c4cc5ccccc5cc43)ccc3oc4ccccc4c23)/N=C(c2ccc3ccccc3c2)\N=C/1c1cccc2c1oc1ccccc12. The number of aliphatic imine (C=N–C) groups is 2. The van der Waals surface area contributed by atoms with Crippen LogP contribution in [0.4, 0.5) is 0 Å². The maximum Gasteiger partial charge on any atom is 0.160 e. The Labute approximate surface area is 356 Å². The first-order chi connectivity index (χ1) is 30.6. The Kier molecular flexibility index (Phi) is 7.58. The lowest BCUT2D eigenvalue weighted by Gasteiger charge is -2.21. The highest BCUT2D eigenvalue weighted by molar-refractivity contribution is 6.22. The van der Waals surface area contributed by atoms with Gasteiger partial charge in [0.2, 0.25) is 0 Å². The topological polar surface area (TPSA) is 55.9 Å². The molecule has 0 bridgehead atoms. The predicted octanol–water partition coefficient (Wildman–Crippen LogP) is 15.2. The van der Waals surface area contributed by atoms with Crippen molar-refractivity contribution in [2.75, 3.05) is 0 Å². The second-order valence-corrected chi connectivity index (χ2v) is 16.5. The van der Waals surface area contributed by atoms with E-state index in [-0.39, 0.29) is 5.92 Å². The Morgan fingerprint density at radius 3 is 2.02 bits per heavy atom. The summed E-state index contributed by atoms with van der Waals surface area (Å²) in [5.41, 5.74) is 11.4. The molecular formula is C57H37N3O2. The quantitative estimate of drug-likeness (QED) is 0.178. The van der Waals surface area contributed by atoms with Crippen molar-refractivity contribution >= 4 is 104 Å². The number of aromatic nitrogens is 1. The van der Waals surface area contributed by atoms with E-state index in [2.05, 4.69) is 181 Å². The van der Waals surface area contributed by atoms with Gasteiger partial charge >= 0.3 is 0 Å². The number of furan rings is 2. The van der Waals surface area contributed by atoms with Crippen molar-refractivity contribution < 1.29 is 8.83 Å². The van der Waals surface area contributed by atoms with Gasteiger partial charge in [0.05, 0.1) is 28.1 Å². The zero-order valence-corrected chi connectivity index (χ0v) is 33.8. The highest BCUT2D eigenvalue weighted by Gasteiger charge is 2.26. The molecule has 4 heterocycles. The Balaban J connectivity index is 1.13. The number of rotatable bonds is 4. The number of hydrogen-bond donors (Lipinski definition) is 0. The minimum absolute atomic E-state index is 0.0121. The van der Waals surface area contributed by atoms with E-state index in [0.29, 0.717) is 12.3 Å². The van der Waals surface area contributed by atoms with Crippen molar-refractivity contribution in [3.63, 3.8) is 0 Å². The summed E-state index contributed by atoms with van der Waals surface area (Å²) in [6.45, 7) is 2.27. The van der Waals surface area contributed by atoms with E-state index in [0.717, 1.165) is 94.1 Å². The molecule has 9 aromatic carbocycles. The first-order valence-electron chi connectivity index (χ1n) is 21.3. The van der Waals surface area contributed by atoms with E-state index in [9.17, 15) is 0 Å². The van der Waals surface area contributed by atoms with Crippen LogP contribution in [0.15, 0.2) is 207 Å². The van der Waals surface area contributed by atoms with Gasteiger partial charge in [-0.2, -0.15) is 0 Å². The van der Waals surface area contributed by atoms with Crippen LogP contribution in [-0.2, 0) is 0 Å². The maximum absolute atomic E-state index is 6.64.